The van der Waals surface area contributed by atoms with Crippen LogP contribution in [0.1, 0.15) is 11.1 Å². The molecule has 0 aliphatic heterocycles. The van der Waals surface area contributed by atoms with E-state index in [9.17, 15) is 26.3 Å². The molecule has 0 fully saturated rings. The zero-order chi connectivity index (χ0) is 11.9. The SMILES string of the molecule is Cl.F.F.F.F.FC(F)(F)c1cccc(S)c1C(F)(F)F. The average molecular weight is 363 g/mol. The molecular weight excluding hydrogens is 354 g/mol. The lowest BCUT2D eigenvalue weighted by atomic mass is 10.1. The number of hydrogen-bond donors (Lipinski definition) is 1. The van der Waals surface area contributed by atoms with Crippen molar-refractivity contribution in [3.63, 3.8) is 0 Å². The van der Waals surface area contributed by atoms with Crippen LogP contribution in [0.2, 0.25) is 0 Å². The number of hydrogen-bond acceptors (Lipinski definition) is 1. The fraction of sp³-hybridized carbons (Fsp3) is 0.250. The zero-order valence-electron chi connectivity index (χ0n) is 8.99. The van der Waals surface area contributed by atoms with E-state index in [4.69, 9.17) is 0 Å². The van der Waals surface area contributed by atoms with Crippen LogP contribution in [-0.2, 0) is 12.4 Å². The van der Waals surface area contributed by atoms with Crippen LogP contribution in [0.5, 0.6) is 0 Å². The maximum atomic E-state index is 12.3. The lowest BCUT2D eigenvalue weighted by molar-refractivity contribution is -0.163. The molecule has 0 heterocycles. The molecule has 0 amide bonds. The quantitative estimate of drug-likeness (QED) is 0.485. The minimum atomic E-state index is -5.07. The Hall–Kier alpha value is -0.840. The van der Waals surface area contributed by atoms with Crippen LogP contribution < -0.4 is 0 Å². The zero-order valence-corrected chi connectivity index (χ0v) is 10.7. The summed E-state index contributed by atoms with van der Waals surface area (Å²) in [5, 5.41) is 0. The molecule has 12 heteroatoms. The van der Waals surface area contributed by atoms with Gasteiger partial charge in [-0.2, -0.15) is 26.3 Å². The van der Waals surface area contributed by atoms with Crippen LogP contribution in [0.25, 0.3) is 0 Å². The second-order valence-electron chi connectivity index (χ2n) is 2.70. The highest BCUT2D eigenvalue weighted by molar-refractivity contribution is 7.80. The van der Waals surface area contributed by atoms with Crippen molar-refractivity contribution in [2.24, 2.45) is 0 Å². The number of rotatable bonds is 0. The fourth-order valence-electron chi connectivity index (χ4n) is 1.07. The molecule has 0 saturated heterocycles. The smallest absolute Gasteiger partial charge is 0.269 e. The van der Waals surface area contributed by atoms with Crippen LogP contribution in [0.3, 0.4) is 0 Å². The number of benzene rings is 1. The van der Waals surface area contributed by atoms with Crippen LogP contribution in [0.15, 0.2) is 23.1 Å². The van der Waals surface area contributed by atoms with Crippen molar-refractivity contribution < 1.29 is 45.2 Å². The lowest BCUT2D eigenvalue weighted by Gasteiger charge is -2.16. The van der Waals surface area contributed by atoms with Crippen LogP contribution in [0, 0.1) is 0 Å². The molecule has 124 valence electrons. The molecule has 1 aromatic carbocycles. The summed E-state index contributed by atoms with van der Waals surface area (Å²) in [6.07, 6.45) is -10.1. The Balaban J connectivity index is -0.000000150. The Kier molecular flexibility index (Phi) is 15.7. The van der Waals surface area contributed by atoms with Gasteiger partial charge in [0.1, 0.15) is 0 Å². The molecule has 0 aliphatic rings. The first kappa shape index (κ1) is 31.5. The van der Waals surface area contributed by atoms with Gasteiger partial charge in [0, 0.05) is 4.90 Å². The van der Waals surface area contributed by atoms with Crippen molar-refractivity contribution in [2.75, 3.05) is 0 Å². The summed E-state index contributed by atoms with van der Waals surface area (Å²) in [4.78, 5) is -0.739. The highest BCUT2D eigenvalue weighted by atomic mass is 35.5. The minimum Gasteiger partial charge on any atom is -0.269 e. The average Bonchev–Trinajstić information content (AvgIpc) is 1.99. The van der Waals surface area contributed by atoms with Crippen molar-refractivity contribution in [3.8, 4) is 0 Å². The standard InChI is InChI=1S/C8H4F6S.ClH.4FH/c9-7(10,11)4-2-1-3-5(15)6(4)8(12,13)14;;;;;/h1-3,15H;5*1H. The van der Waals surface area contributed by atoms with E-state index in [1.165, 1.54) is 0 Å². The molecule has 1 rings (SSSR count). The van der Waals surface area contributed by atoms with Gasteiger partial charge in [0.05, 0.1) is 11.1 Å². The molecule has 0 spiro atoms. The highest BCUT2D eigenvalue weighted by Crippen LogP contribution is 2.42. The van der Waals surface area contributed by atoms with E-state index in [-0.39, 0.29) is 31.2 Å². The molecule has 0 aliphatic carbocycles. The van der Waals surface area contributed by atoms with Crippen LogP contribution >= 0.6 is 25.0 Å². The van der Waals surface area contributed by atoms with Crippen molar-refractivity contribution >= 4 is 25.0 Å². The highest BCUT2D eigenvalue weighted by Gasteiger charge is 2.44. The monoisotopic (exact) mass is 362 g/mol. The third-order valence-corrected chi connectivity index (χ3v) is 2.00. The number of alkyl halides is 6. The van der Waals surface area contributed by atoms with E-state index in [0.29, 0.717) is 6.07 Å². The van der Waals surface area contributed by atoms with Crippen molar-refractivity contribution in [2.45, 2.75) is 17.2 Å². The molecular formula is C8H9ClF10S. The summed E-state index contributed by atoms with van der Waals surface area (Å²) >= 11 is 3.37. The van der Waals surface area contributed by atoms with Crippen molar-refractivity contribution in [3.05, 3.63) is 29.3 Å². The van der Waals surface area contributed by atoms with Gasteiger partial charge in [-0.3, -0.25) is 18.8 Å². The first-order valence-electron chi connectivity index (χ1n) is 3.60. The van der Waals surface area contributed by atoms with Gasteiger partial charge in [-0.05, 0) is 12.1 Å². The Labute approximate surface area is 117 Å². The van der Waals surface area contributed by atoms with Gasteiger partial charge in [0.25, 0.3) is 0 Å². The molecule has 20 heavy (non-hydrogen) atoms. The molecule has 0 nitrogen and oxygen atoms in total. The molecule has 0 unspecified atom stereocenters. The van der Waals surface area contributed by atoms with E-state index in [1.54, 1.807) is 0 Å². The maximum Gasteiger partial charge on any atom is 0.418 e. The molecule has 0 bridgehead atoms. The Morgan fingerprint density at radius 3 is 1.40 bits per heavy atom. The second-order valence-corrected chi connectivity index (χ2v) is 3.18. The van der Waals surface area contributed by atoms with Gasteiger partial charge in [-0.1, -0.05) is 6.07 Å². The molecule has 0 radical (unpaired) electrons. The predicted octanol–water partition coefficient (Wildman–Crippen LogP) is 5.04. The molecule has 0 aromatic heterocycles. The van der Waals surface area contributed by atoms with Crippen molar-refractivity contribution in [1.29, 1.82) is 0 Å². The summed E-state index contributed by atoms with van der Waals surface area (Å²) in [5.41, 5.74) is -3.47. The van der Waals surface area contributed by atoms with E-state index >= 15 is 0 Å². The molecule has 1 aromatic rings. The molecule has 0 saturated carbocycles. The van der Waals surface area contributed by atoms with Crippen LogP contribution in [-0.4, -0.2) is 0 Å². The van der Waals surface area contributed by atoms with E-state index in [1.807, 2.05) is 0 Å². The van der Waals surface area contributed by atoms with Gasteiger partial charge in [0.15, 0.2) is 0 Å². The number of halogens is 11. The maximum absolute atomic E-state index is 12.3. The van der Waals surface area contributed by atoms with E-state index < -0.39 is 28.4 Å². The Morgan fingerprint density at radius 1 is 0.750 bits per heavy atom. The normalized spacial score (nSPS) is 9.75. The molecule has 0 N–H and O–H groups in total. The summed E-state index contributed by atoms with van der Waals surface area (Å²) in [7, 11) is 0. The van der Waals surface area contributed by atoms with Gasteiger partial charge in [0.2, 0.25) is 0 Å². The van der Waals surface area contributed by atoms with Crippen LogP contribution in [0.4, 0.5) is 45.2 Å². The first-order valence-corrected chi connectivity index (χ1v) is 4.05. The second kappa shape index (κ2) is 9.97. The van der Waals surface area contributed by atoms with Gasteiger partial charge >= 0.3 is 12.4 Å². The topological polar surface area (TPSA) is 0 Å². The van der Waals surface area contributed by atoms with Crippen molar-refractivity contribution in [1.82, 2.24) is 0 Å². The number of thiol groups is 1. The Morgan fingerprint density at radius 2 is 1.15 bits per heavy atom. The van der Waals surface area contributed by atoms with E-state index in [0.717, 1.165) is 12.1 Å². The molecule has 0 atom stereocenters. The summed E-state index contributed by atoms with van der Waals surface area (Å²) in [6.45, 7) is 0. The summed E-state index contributed by atoms with van der Waals surface area (Å²) in [5.74, 6) is 0. The van der Waals surface area contributed by atoms with Gasteiger partial charge < -0.3 is 0 Å². The van der Waals surface area contributed by atoms with Gasteiger partial charge in [-0.25, -0.2) is 0 Å². The largest absolute Gasteiger partial charge is 0.418 e. The Bertz CT molecular complexity index is 375. The first-order chi connectivity index (χ1) is 6.64. The fourth-order valence-corrected chi connectivity index (χ4v) is 1.41. The van der Waals surface area contributed by atoms with Gasteiger partial charge in [-0.15, -0.1) is 25.0 Å². The summed E-state index contributed by atoms with van der Waals surface area (Å²) < 4.78 is 73.5. The predicted molar refractivity (Wildman–Crippen MR) is 61.0 cm³/mol. The third kappa shape index (κ3) is 7.08. The van der Waals surface area contributed by atoms with E-state index in [2.05, 4.69) is 12.6 Å². The lowest BCUT2D eigenvalue weighted by Crippen LogP contribution is -2.17. The third-order valence-electron chi connectivity index (χ3n) is 1.63. The minimum absolute atomic E-state index is 0. The summed E-state index contributed by atoms with van der Waals surface area (Å²) in [6, 6.07) is 2.12.